The minimum atomic E-state index is -0.117. The van der Waals surface area contributed by atoms with Gasteiger partial charge in [-0.2, -0.15) is 0 Å². The molecule has 1 atom stereocenters. The topological polar surface area (TPSA) is 68.1 Å². The van der Waals surface area contributed by atoms with Gasteiger partial charge in [0.2, 0.25) is 5.95 Å². The number of hydrogen-bond donors (Lipinski definition) is 0. The Labute approximate surface area is 169 Å². The Hall–Kier alpha value is -3.28. The Kier molecular flexibility index (Phi) is 5.25. The summed E-state index contributed by atoms with van der Waals surface area (Å²) < 4.78 is 1.56. The van der Waals surface area contributed by atoms with E-state index in [9.17, 15) is 9.59 Å². The molecule has 0 spiro atoms. The molecular formula is C23H24N4O2. The van der Waals surface area contributed by atoms with Crippen LogP contribution in [0.2, 0.25) is 0 Å². The van der Waals surface area contributed by atoms with Gasteiger partial charge in [0.25, 0.3) is 5.56 Å². The van der Waals surface area contributed by atoms with Crippen LogP contribution in [0.1, 0.15) is 28.8 Å². The Morgan fingerprint density at radius 2 is 1.83 bits per heavy atom. The zero-order valence-corrected chi connectivity index (χ0v) is 16.7. The largest absolute Gasteiger partial charge is 0.341 e. The number of hydrogen-bond acceptors (Lipinski definition) is 5. The fourth-order valence-corrected chi connectivity index (χ4v) is 3.81. The third-order valence-electron chi connectivity index (χ3n) is 5.50. The molecule has 0 radical (unpaired) electrons. The van der Waals surface area contributed by atoms with Crippen LogP contribution in [-0.4, -0.2) is 33.4 Å². The molecule has 2 aromatic heterocycles. The monoisotopic (exact) mass is 388 g/mol. The van der Waals surface area contributed by atoms with Crippen molar-refractivity contribution < 1.29 is 4.79 Å². The summed E-state index contributed by atoms with van der Waals surface area (Å²) in [4.78, 5) is 36.4. The number of nitrogens with zero attached hydrogens (tertiary/aromatic N) is 4. The van der Waals surface area contributed by atoms with Crippen LogP contribution in [0, 0.1) is 12.8 Å². The molecule has 0 N–H and O–H groups in total. The van der Waals surface area contributed by atoms with E-state index in [2.05, 4.69) is 9.88 Å². The van der Waals surface area contributed by atoms with Crippen LogP contribution in [-0.2, 0) is 7.05 Å². The van der Waals surface area contributed by atoms with E-state index in [1.807, 2.05) is 43.3 Å². The molecule has 1 unspecified atom stereocenters. The third kappa shape index (κ3) is 3.97. The molecule has 1 fully saturated rings. The van der Waals surface area contributed by atoms with Crippen molar-refractivity contribution >= 4 is 11.7 Å². The number of ketones is 1. The van der Waals surface area contributed by atoms with Crippen LogP contribution in [0.15, 0.2) is 59.7 Å². The zero-order chi connectivity index (χ0) is 20.4. The molecule has 0 saturated carbocycles. The maximum atomic E-state index is 13.0. The first-order valence-electron chi connectivity index (χ1n) is 9.87. The van der Waals surface area contributed by atoms with Gasteiger partial charge in [-0.25, -0.2) is 4.98 Å². The van der Waals surface area contributed by atoms with E-state index >= 15 is 0 Å². The van der Waals surface area contributed by atoms with Crippen LogP contribution in [0.25, 0.3) is 11.3 Å². The second-order valence-electron chi connectivity index (χ2n) is 7.59. The lowest BCUT2D eigenvalue weighted by Crippen LogP contribution is -2.41. The number of carbonyl (C=O) groups excluding carboxylic acids is 1. The second-order valence-corrected chi connectivity index (χ2v) is 7.59. The molecule has 0 aliphatic carbocycles. The molecule has 3 heterocycles. The van der Waals surface area contributed by atoms with Gasteiger partial charge in [0.1, 0.15) is 0 Å². The van der Waals surface area contributed by atoms with Gasteiger partial charge in [-0.1, -0.05) is 29.8 Å². The summed E-state index contributed by atoms with van der Waals surface area (Å²) in [6.07, 6.45) is 5.11. The van der Waals surface area contributed by atoms with Gasteiger partial charge in [0.15, 0.2) is 5.78 Å². The first-order valence-corrected chi connectivity index (χ1v) is 9.87. The minimum absolute atomic E-state index is 0.104. The average molecular weight is 388 g/mol. The molecule has 6 heteroatoms. The Balaban J connectivity index is 1.63. The number of anilines is 1. The van der Waals surface area contributed by atoms with E-state index in [1.54, 1.807) is 24.0 Å². The Morgan fingerprint density at radius 3 is 2.55 bits per heavy atom. The summed E-state index contributed by atoms with van der Waals surface area (Å²) in [6, 6.07) is 13.0. The Bertz CT molecular complexity index is 1070. The minimum Gasteiger partial charge on any atom is -0.341 e. The summed E-state index contributed by atoms with van der Waals surface area (Å²) in [6.45, 7) is 3.35. The molecule has 3 aromatic rings. The lowest BCUT2D eigenvalue weighted by Gasteiger charge is -2.33. The Morgan fingerprint density at radius 1 is 1.10 bits per heavy atom. The predicted molar refractivity (Wildman–Crippen MR) is 113 cm³/mol. The highest BCUT2D eigenvalue weighted by molar-refractivity contribution is 5.98. The molecule has 0 amide bonds. The third-order valence-corrected chi connectivity index (χ3v) is 5.50. The van der Waals surface area contributed by atoms with E-state index in [4.69, 9.17) is 4.98 Å². The predicted octanol–water partition coefficient (Wildman–Crippen LogP) is 3.25. The molecule has 6 nitrogen and oxygen atoms in total. The molecular weight excluding hydrogens is 364 g/mol. The normalized spacial score (nSPS) is 16.6. The van der Waals surface area contributed by atoms with Gasteiger partial charge < -0.3 is 4.90 Å². The highest BCUT2D eigenvalue weighted by Crippen LogP contribution is 2.25. The van der Waals surface area contributed by atoms with Gasteiger partial charge in [0, 0.05) is 55.6 Å². The number of piperidine rings is 1. The van der Waals surface area contributed by atoms with E-state index in [0.29, 0.717) is 18.2 Å². The second kappa shape index (κ2) is 7.99. The summed E-state index contributed by atoms with van der Waals surface area (Å²) in [5.74, 6) is 0.656. The van der Waals surface area contributed by atoms with Gasteiger partial charge in [-0.15, -0.1) is 0 Å². The van der Waals surface area contributed by atoms with Gasteiger partial charge in [0.05, 0.1) is 5.69 Å². The van der Waals surface area contributed by atoms with Crippen LogP contribution >= 0.6 is 0 Å². The van der Waals surface area contributed by atoms with Crippen molar-refractivity contribution in [3.05, 3.63) is 76.3 Å². The van der Waals surface area contributed by atoms with Gasteiger partial charge in [-0.3, -0.25) is 19.1 Å². The maximum absolute atomic E-state index is 13.0. The van der Waals surface area contributed by atoms with E-state index in [0.717, 1.165) is 36.1 Å². The number of Topliss-reactive ketones (excluding diaryl/α,β-unsaturated/α-hetero) is 1. The SMILES string of the molecule is Cc1ccc(C(=O)C2CCCN(c3nc(-c4ccncc4)cc(=O)n3C)C2)cc1. The number of aromatic nitrogens is 3. The van der Waals surface area contributed by atoms with Crippen molar-refractivity contribution in [2.24, 2.45) is 13.0 Å². The maximum Gasteiger partial charge on any atom is 0.255 e. The first-order chi connectivity index (χ1) is 14.0. The lowest BCUT2D eigenvalue weighted by molar-refractivity contribution is 0.0906. The van der Waals surface area contributed by atoms with E-state index in [-0.39, 0.29) is 17.3 Å². The van der Waals surface area contributed by atoms with Gasteiger partial charge in [-0.05, 0) is 31.9 Å². The zero-order valence-electron chi connectivity index (χ0n) is 16.7. The summed E-state index contributed by atoms with van der Waals surface area (Å²) in [5.41, 5.74) is 3.24. The first kappa shape index (κ1) is 19.1. The van der Waals surface area contributed by atoms with Crippen molar-refractivity contribution in [1.82, 2.24) is 14.5 Å². The van der Waals surface area contributed by atoms with Crippen LogP contribution in [0.5, 0.6) is 0 Å². The van der Waals surface area contributed by atoms with Crippen molar-refractivity contribution in [2.75, 3.05) is 18.0 Å². The van der Waals surface area contributed by atoms with Crippen molar-refractivity contribution in [3.63, 3.8) is 0 Å². The molecule has 1 aliphatic heterocycles. The highest BCUT2D eigenvalue weighted by Gasteiger charge is 2.28. The quantitative estimate of drug-likeness (QED) is 0.642. The summed E-state index contributed by atoms with van der Waals surface area (Å²) >= 11 is 0. The van der Waals surface area contributed by atoms with Crippen molar-refractivity contribution in [3.8, 4) is 11.3 Å². The molecule has 29 heavy (non-hydrogen) atoms. The lowest BCUT2D eigenvalue weighted by atomic mass is 9.90. The van der Waals surface area contributed by atoms with Crippen LogP contribution in [0.4, 0.5) is 5.95 Å². The van der Waals surface area contributed by atoms with Crippen molar-refractivity contribution in [1.29, 1.82) is 0 Å². The standard InChI is InChI=1S/C23H24N4O2/c1-16-5-7-18(8-6-16)22(29)19-4-3-13-27(15-19)23-25-20(14-21(28)26(23)2)17-9-11-24-12-10-17/h5-12,14,19H,3-4,13,15H2,1-2H3. The number of pyridine rings is 1. The summed E-state index contributed by atoms with van der Waals surface area (Å²) in [5, 5.41) is 0. The van der Waals surface area contributed by atoms with Crippen molar-refractivity contribution in [2.45, 2.75) is 19.8 Å². The molecule has 148 valence electrons. The molecule has 4 rings (SSSR count). The summed E-state index contributed by atoms with van der Waals surface area (Å²) in [7, 11) is 1.73. The van der Waals surface area contributed by atoms with E-state index < -0.39 is 0 Å². The van der Waals surface area contributed by atoms with E-state index in [1.165, 1.54) is 6.07 Å². The molecule has 1 aromatic carbocycles. The number of carbonyl (C=O) groups is 1. The number of aryl methyl sites for hydroxylation is 1. The average Bonchev–Trinajstić information content (AvgIpc) is 2.76. The smallest absolute Gasteiger partial charge is 0.255 e. The molecule has 1 aliphatic rings. The number of benzene rings is 1. The fourth-order valence-electron chi connectivity index (χ4n) is 3.81. The van der Waals surface area contributed by atoms with Crippen LogP contribution in [0.3, 0.4) is 0 Å². The molecule has 0 bridgehead atoms. The molecule has 1 saturated heterocycles. The fraction of sp³-hybridized carbons (Fsp3) is 0.304. The van der Waals surface area contributed by atoms with Gasteiger partial charge >= 0.3 is 0 Å². The highest BCUT2D eigenvalue weighted by atomic mass is 16.1. The van der Waals surface area contributed by atoms with Crippen LogP contribution < -0.4 is 10.5 Å². The number of rotatable bonds is 4.